The number of nitrogens with one attached hydrogen (secondary N) is 6. The maximum absolute atomic E-state index is 6.30. The minimum atomic E-state index is -0.00935. The van der Waals surface area contributed by atoms with Crippen LogP contribution in [-0.4, -0.2) is 256 Å². The lowest BCUT2D eigenvalue weighted by atomic mass is 9.95. The summed E-state index contributed by atoms with van der Waals surface area (Å²) >= 11 is 0. The Kier molecular flexibility index (Phi) is 54.3. The van der Waals surface area contributed by atoms with Gasteiger partial charge in [-0.3, -0.25) is 0 Å². The average molecular weight is 1550 g/mol. The van der Waals surface area contributed by atoms with Crippen molar-refractivity contribution in [3.8, 4) is 0 Å². The fraction of sp³-hybridized carbons (Fsp3) is 0.932. The molecule has 0 aromatic rings. The molecule has 0 radical (unpaired) electrons. The van der Waals surface area contributed by atoms with E-state index in [0.29, 0.717) is 163 Å². The Morgan fingerprint density at radius 2 is 0.389 bits per heavy atom. The van der Waals surface area contributed by atoms with Crippen LogP contribution in [0.25, 0.3) is 0 Å². The molecule has 0 aromatic carbocycles. The molecule has 6 heterocycles. The molecular weight excluding hydrogens is 1360 g/mol. The SMILES string of the molecule is [CH2-][NH+]1[C@@H](C(C)C)CC[C@H]1C(C)C.[CH2-][NH+]1[C@H](C(C)C)CC[C@H]1C(C)C.[CH2-][NH+]1[C@H](C(C)C)[C@H](OC)[C@@H](OC)[C@H]1C(C)C.[CH2-][NH+]1[C@H](C(C)C)[C@H](OCC)[C@@H](OCC)[C@H]1C(C)C.[CH2-][NH+]1[C@H](C(C)C)[C@H](OCCOC)[C@@H](OCCOC)[C@H]1C(C)C.[CH2-][NH+]1[C@H](C(C)C)[C@H](OCCOCCOC)[C@@H](OCCOCCOC)[C@H]1C(C)C. The summed E-state index contributed by atoms with van der Waals surface area (Å²) in [4.78, 5) is 8.22. The summed E-state index contributed by atoms with van der Waals surface area (Å²) in [6.07, 6.45) is 6.24. The molecule has 6 aliphatic rings. The number of rotatable bonds is 40. The van der Waals surface area contributed by atoms with Crippen molar-refractivity contribution in [2.75, 3.05) is 135 Å². The first kappa shape index (κ1) is 105. The van der Waals surface area contributed by atoms with Crippen LogP contribution in [0.15, 0.2) is 0 Å². The molecule has 6 rings (SSSR count). The third-order valence-electron chi connectivity index (χ3n) is 24.4. The van der Waals surface area contributed by atoms with Crippen LogP contribution in [0.5, 0.6) is 0 Å². The number of methoxy groups -OCH3 is 6. The van der Waals surface area contributed by atoms with Crippen molar-refractivity contribution in [1.82, 2.24) is 0 Å². The van der Waals surface area contributed by atoms with E-state index >= 15 is 0 Å². The van der Waals surface area contributed by atoms with Crippen LogP contribution in [0.1, 0.15) is 206 Å². The maximum Gasteiger partial charge on any atom is 0.139 e. The minimum absolute atomic E-state index is 0.00935. The van der Waals surface area contributed by atoms with Gasteiger partial charge in [0.15, 0.2) is 0 Å². The minimum Gasteiger partial charge on any atom is -0.463 e. The molecule has 20 nitrogen and oxygen atoms in total. The Bertz CT molecular complexity index is 1990. The molecule has 0 spiro atoms. The molecule has 648 valence electrons. The fourth-order valence-electron chi connectivity index (χ4n) is 19.4. The van der Waals surface area contributed by atoms with E-state index in [2.05, 4.69) is 222 Å². The van der Waals surface area contributed by atoms with Gasteiger partial charge in [0.1, 0.15) is 48.8 Å². The Hall–Kier alpha value is -0.800. The molecule has 21 atom stereocenters. The summed E-state index contributed by atoms with van der Waals surface area (Å²) < 4.78 is 79.6. The van der Waals surface area contributed by atoms with E-state index in [1.54, 1.807) is 42.7 Å². The average Bonchev–Trinajstić information content (AvgIpc) is 1.65. The second-order valence-electron chi connectivity index (χ2n) is 35.9. The molecule has 1 unspecified atom stereocenters. The number of likely N-dealkylation sites (tertiary alicyclic amines) is 6. The number of hydrogen-bond donors (Lipinski definition) is 6. The Morgan fingerprint density at radius 1 is 0.222 bits per heavy atom. The lowest BCUT2D eigenvalue weighted by Crippen LogP contribution is -3.14. The van der Waals surface area contributed by atoms with Crippen LogP contribution >= 0.6 is 0 Å². The maximum atomic E-state index is 6.30. The highest BCUT2D eigenvalue weighted by Crippen LogP contribution is 2.30. The van der Waals surface area contributed by atoms with Crippen molar-refractivity contribution in [2.45, 2.75) is 327 Å². The molecule has 6 N–H and O–H groups in total. The molecule has 20 heteroatoms. The van der Waals surface area contributed by atoms with E-state index in [1.807, 2.05) is 0 Å². The molecule has 0 aliphatic carbocycles. The van der Waals surface area contributed by atoms with Crippen LogP contribution in [0, 0.1) is 113 Å². The van der Waals surface area contributed by atoms with Crippen molar-refractivity contribution in [2.24, 2.45) is 71.0 Å². The second-order valence-corrected chi connectivity index (χ2v) is 35.9. The van der Waals surface area contributed by atoms with E-state index in [4.69, 9.17) is 66.3 Å². The van der Waals surface area contributed by atoms with Crippen molar-refractivity contribution in [1.29, 1.82) is 0 Å². The monoisotopic (exact) mass is 1550 g/mol. The molecular formula is C88H182N6O14. The highest BCUT2D eigenvalue weighted by molar-refractivity contribution is 4.97. The number of quaternary nitrogens is 6. The third-order valence-corrected chi connectivity index (χ3v) is 24.4. The molecule has 6 aliphatic heterocycles. The molecule has 6 fully saturated rings. The predicted octanol–water partition coefficient (Wildman–Crippen LogP) is 6.91. The van der Waals surface area contributed by atoms with Gasteiger partial charge in [-0.05, 0) is 13.8 Å². The highest BCUT2D eigenvalue weighted by atomic mass is 16.6. The van der Waals surface area contributed by atoms with Gasteiger partial charge in [-0.15, -0.1) is 0 Å². The first-order chi connectivity index (χ1) is 50.9. The molecule has 108 heavy (non-hydrogen) atoms. The summed E-state index contributed by atoms with van der Waals surface area (Å²) in [7, 11) is 36.3. The quantitative estimate of drug-likeness (QED) is 0.0278. The summed E-state index contributed by atoms with van der Waals surface area (Å²) in [5.74, 6) is 7.25. The smallest absolute Gasteiger partial charge is 0.139 e. The van der Waals surface area contributed by atoms with Crippen LogP contribution in [0.3, 0.4) is 0 Å². The zero-order chi connectivity index (χ0) is 82.6. The second kappa shape index (κ2) is 55.7. The molecule has 0 saturated carbocycles. The van der Waals surface area contributed by atoms with Crippen LogP contribution in [0.4, 0.5) is 0 Å². The van der Waals surface area contributed by atoms with Crippen molar-refractivity contribution in [3.05, 3.63) is 42.3 Å². The Morgan fingerprint density at radius 3 is 0.546 bits per heavy atom. The van der Waals surface area contributed by atoms with E-state index in [9.17, 15) is 0 Å². The van der Waals surface area contributed by atoms with Crippen molar-refractivity contribution >= 4 is 0 Å². The number of hydrogen-bond acceptors (Lipinski definition) is 14. The first-order valence-electron chi connectivity index (χ1n) is 42.9. The van der Waals surface area contributed by atoms with E-state index < -0.39 is 0 Å². The van der Waals surface area contributed by atoms with Gasteiger partial charge in [0, 0.05) is 153 Å². The summed E-state index contributed by atoms with van der Waals surface area (Å²) in [6.45, 7) is 66.9. The van der Waals surface area contributed by atoms with Gasteiger partial charge in [0.25, 0.3) is 0 Å². The van der Waals surface area contributed by atoms with Gasteiger partial charge in [-0.2, -0.15) is 42.3 Å². The molecule has 0 bridgehead atoms. The normalized spacial score (nSPS) is 33.6. The zero-order valence-electron chi connectivity index (χ0n) is 76.2. The Balaban J connectivity index is 0.000000664. The van der Waals surface area contributed by atoms with Crippen LogP contribution < -0.4 is 29.4 Å². The highest BCUT2D eigenvalue weighted by Gasteiger charge is 2.56. The fourth-order valence-corrected chi connectivity index (χ4v) is 19.4. The molecule has 0 amide bonds. The largest absolute Gasteiger partial charge is 0.463 e. The van der Waals surface area contributed by atoms with Gasteiger partial charge in [0.2, 0.25) is 0 Å². The predicted molar refractivity (Wildman–Crippen MR) is 440 cm³/mol. The van der Waals surface area contributed by atoms with Crippen molar-refractivity contribution < 1.29 is 95.7 Å². The lowest BCUT2D eigenvalue weighted by molar-refractivity contribution is -0.902. The summed E-state index contributed by atoms with van der Waals surface area (Å²) in [6, 6.07) is 6.13. The molecule has 0 aromatic heterocycles. The topological polar surface area (TPSA) is 156 Å². The third kappa shape index (κ3) is 31.9. The van der Waals surface area contributed by atoms with E-state index in [1.165, 1.54) is 55.1 Å². The van der Waals surface area contributed by atoms with Gasteiger partial charge >= 0.3 is 0 Å². The standard InChI is InChI=1S/C21H43NO6.C17H35NO4.C15H31NO2.C13H27NO2.2C11H23N/c1-16(2)18-20(27-14-12-25-10-8-23-6)21(19(17(3)4)22(18)5)28-15-13-26-11-9-24-7;1-12(2)14-16(21-10-8-19-6)17(22-11-9-20-7)15(13(3)4)18(14)5;1-8-17-14-12(10(3)4)16(7)13(11(5)6)15(14)18-9-2;1-8(2)10-12(15-6)13(16-7)11(9(3)4)14(10)5;2*1-8(2)10-6-7-11(9(3)4)12(10)5/h16-22H,5,8-15H2,1-4,6-7H3;12-18H,5,8-11H2,1-4,6-7H3;10-16H,7-9H2,1-6H3;8-14H,5H2,1-4,6-7H3;2*8-12H,5-7H2,1-4H3/t18-,19-,20+,21+;14-,15-,16+,17+;12-,13-,14+,15+;10-,11-,12+,13+;10-,11+;10-,11-/m1111.0/s1. The van der Waals surface area contributed by atoms with Crippen LogP contribution in [0.2, 0.25) is 0 Å². The Labute approximate surface area is 668 Å². The summed E-state index contributed by atoms with van der Waals surface area (Å²) in [5, 5.41) is 0. The van der Waals surface area contributed by atoms with Gasteiger partial charge in [0.05, 0.1) is 152 Å². The van der Waals surface area contributed by atoms with E-state index in [0.717, 1.165) is 61.1 Å². The number of ether oxygens (including phenoxy) is 14. The molecule has 6 saturated heterocycles. The van der Waals surface area contributed by atoms with Crippen LogP contribution in [-0.2, 0) is 66.3 Å². The van der Waals surface area contributed by atoms with E-state index in [-0.39, 0.29) is 60.9 Å². The first-order valence-corrected chi connectivity index (χ1v) is 42.9. The van der Waals surface area contributed by atoms with Gasteiger partial charge in [-0.25, -0.2) is 0 Å². The van der Waals surface area contributed by atoms with Gasteiger partial charge in [-0.1, -0.05) is 166 Å². The zero-order valence-corrected chi connectivity index (χ0v) is 76.2. The lowest BCUT2D eigenvalue weighted by Gasteiger charge is -2.34. The van der Waals surface area contributed by atoms with Crippen molar-refractivity contribution in [3.63, 3.8) is 0 Å². The van der Waals surface area contributed by atoms with Gasteiger partial charge < -0.3 is 95.7 Å². The summed E-state index contributed by atoms with van der Waals surface area (Å²) in [5.41, 5.74) is 0.